The molecule has 0 atom stereocenters. The van der Waals surface area contributed by atoms with Crippen molar-refractivity contribution in [3.8, 4) is 11.5 Å². The molecule has 31 heavy (non-hydrogen) atoms. The lowest BCUT2D eigenvalue weighted by molar-refractivity contribution is -0.110. The SMILES string of the molecule is Cc1cc(C)c2c(c1)/C(=c1/sc3n(c1=O)CN(c1ccc4c(c1)OCO4)CN=3)C(=O)N2. The Morgan fingerprint density at radius 3 is 2.81 bits per heavy atom. The fraction of sp³-hybridized carbons (Fsp3) is 0.227. The van der Waals surface area contributed by atoms with Gasteiger partial charge in [0.25, 0.3) is 11.5 Å². The number of carbonyl (C=O) groups is 1. The number of thiazole rings is 1. The van der Waals surface area contributed by atoms with Crippen molar-refractivity contribution >= 4 is 34.2 Å². The standard InChI is InChI=1S/C22H18N4O4S/c1-11-5-12(2)18-14(6-11)17(20(27)24-18)19-21(28)26-9-25(8-23-22(26)31-19)13-3-4-15-16(7-13)30-10-29-15/h3-7H,8-10H2,1-2H3,(H,24,27)/b19-17-. The van der Waals surface area contributed by atoms with E-state index in [2.05, 4.69) is 10.3 Å². The molecule has 9 heteroatoms. The van der Waals surface area contributed by atoms with Crippen molar-refractivity contribution in [2.75, 3.05) is 23.7 Å². The minimum atomic E-state index is -0.243. The Balaban J connectivity index is 1.46. The smallest absolute Gasteiger partial charge is 0.272 e. The molecule has 3 aromatic rings. The second-order valence-corrected chi connectivity index (χ2v) is 8.78. The van der Waals surface area contributed by atoms with Gasteiger partial charge in [-0.15, -0.1) is 0 Å². The van der Waals surface area contributed by atoms with E-state index in [9.17, 15) is 9.59 Å². The molecule has 0 saturated heterocycles. The number of aryl methyl sites for hydroxylation is 2. The second kappa shape index (κ2) is 6.45. The number of anilines is 2. The van der Waals surface area contributed by atoms with Crippen LogP contribution in [-0.4, -0.2) is 23.9 Å². The summed E-state index contributed by atoms with van der Waals surface area (Å²) < 4.78 is 12.9. The molecule has 0 radical (unpaired) electrons. The topological polar surface area (TPSA) is 85.2 Å². The zero-order valence-electron chi connectivity index (χ0n) is 16.9. The van der Waals surface area contributed by atoms with Gasteiger partial charge in [0.05, 0.1) is 11.3 Å². The van der Waals surface area contributed by atoms with Crippen LogP contribution in [0.1, 0.15) is 16.7 Å². The van der Waals surface area contributed by atoms with Crippen molar-refractivity contribution in [2.24, 2.45) is 4.99 Å². The summed E-state index contributed by atoms with van der Waals surface area (Å²) in [6.45, 7) is 4.91. The van der Waals surface area contributed by atoms with Crippen molar-refractivity contribution < 1.29 is 14.3 Å². The van der Waals surface area contributed by atoms with Crippen LogP contribution in [0.2, 0.25) is 0 Å². The van der Waals surface area contributed by atoms with E-state index in [-0.39, 0.29) is 18.3 Å². The summed E-state index contributed by atoms with van der Waals surface area (Å²) in [5.74, 6) is 1.15. The molecule has 1 aromatic heterocycles. The van der Waals surface area contributed by atoms with Gasteiger partial charge >= 0.3 is 0 Å². The van der Waals surface area contributed by atoms with Gasteiger partial charge in [-0.3, -0.25) is 14.2 Å². The first kappa shape index (κ1) is 18.2. The van der Waals surface area contributed by atoms with Crippen molar-refractivity contribution in [1.29, 1.82) is 0 Å². The van der Waals surface area contributed by atoms with E-state index < -0.39 is 0 Å². The third-order valence-corrected chi connectivity index (χ3v) is 6.83. The Morgan fingerprint density at radius 1 is 1.10 bits per heavy atom. The number of rotatable bonds is 1. The lowest BCUT2D eigenvalue weighted by Gasteiger charge is -2.25. The number of nitrogens with zero attached hydrogens (tertiary/aromatic N) is 3. The van der Waals surface area contributed by atoms with Gasteiger partial charge in [-0.2, -0.15) is 0 Å². The van der Waals surface area contributed by atoms with Crippen LogP contribution >= 0.6 is 11.3 Å². The number of amides is 1. The third-order valence-electron chi connectivity index (χ3n) is 5.72. The predicted molar refractivity (Wildman–Crippen MR) is 116 cm³/mol. The van der Waals surface area contributed by atoms with Crippen molar-refractivity contribution in [3.63, 3.8) is 0 Å². The van der Waals surface area contributed by atoms with E-state index in [0.29, 0.717) is 39.7 Å². The van der Waals surface area contributed by atoms with Gasteiger partial charge in [0, 0.05) is 17.3 Å². The lowest BCUT2D eigenvalue weighted by Crippen LogP contribution is -2.43. The molecule has 2 aromatic carbocycles. The largest absolute Gasteiger partial charge is 0.454 e. The summed E-state index contributed by atoms with van der Waals surface area (Å²) >= 11 is 1.27. The van der Waals surface area contributed by atoms with Crippen LogP contribution in [0.3, 0.4) is 0 Å². The first-order valence-electron chi connectivity index (χ1n) is 9.85. The van der Waals surface area contributed by atoms with Crippen LogP contribution in [0, 0.1) is 13.8 Å². The zero-order chi connectivity index (χ0) is 21.3. The molecule has 1 N–H and O–H groups in total. The third kappa shape index (κ3) is 2.70. The molecule has 4 heterocycles. The van der Waals surface area contributed by atoms with E-state index in [0.717, 1.165) is 28.1 Å². The van der Waals surface area contributed by atoms with Crippen LogP contribution in [0.5, 0.6) is 11.5 Å². The van der Waals surface area contributed by atoms with Crippen molar-refractivity contribution in [3.05, 3.63) is 66.7 Å². The maximum Gasteiger partial charge on any atom is 0.272 e. The van der Waals surface area contributed by atoms with E-state index >= 15 is 0 Å². The highest BCUT2D eigenvalue weighted by Gasteiger charge is 2.29. The summed E-state index contributed by atoms with van der Waals surface area (Å²) in [7, 11) is 0. The van der Waals surface area contributed by atoms with Gasteiger partial charge in [0.1, 0.15) is 17.9 Å². The molecule has 0 fully saturated rings. The summed E-state index contributed by atoms with van der Waals surface area (Å²) in [6.07, 6.45) is 0. The molecule has 1 amide bonds. The number of aromatic nitrogens is 1. The molecule has 0 unspecified atom stereocenters. The molecule has 0 spiro atoms. The normalized spacial score (nSPS) is 17.9. The average Bonchev–Trinajstić information content (AvgIpc) is 3.43. The molecule has 156 valence electrons. The van der Waals surface area contributed by atoms with E-state index in [1.807, 2.05) is 49.1 Å². The Morgan fingerprint density at radius 2 is 1.94 bits per heavy atom. The molecule has 3 aliphatic heterocycles. The quantitative estimate of drug-likeness (QED) is 0.627. The highest BCUT2D eigenvalue weighted by Crippen LogP contribution is 2.36. The van der Waals surface area contributed by atoms with Gasteiger partial charge in [0.15, 0.2) is 16.3 Å². The summed E-state index contributed by atoms with van der Waals surface area (Å²) in [5, 5.41) is 2.92. The van der Waals surface area contributed by atoms with Crippen LogP contribution in [0.15, 0.2) is 40.1 Å². The molecular formula is C22H18N4O4S. The molecule has 0 aliphatic carbocycles. The fourth-order valence-electron chi connectivity index (χ4n) is 4.26. The predicted octanol–water partition coefficient (Wildman–Crippen LogP) is 1.46. The van der Waals surface area contributed by atoms with Crippen LogP contribution in [0.4, 0.5) is 11.4 Å². The zero-order valence-corrected chi connectivity index (χ0v) is 17.7. The van der Waals surface area contributed by atoms with Crippen LogP contribution in [-0.2, 0) is 11.5 Å². The summed E-state index contributed by atoms with van der Waals surface area (Å²) in [5.41, 5.74) is 4.71. The molecule has 0 saturated carbocycles. The van der Waals surface area contributed by atoms with E-state index in [1.54, 1.807) is 4.57 Å². The molecular weight excluding hydrogens is 416 g/mol. The maximum absolute atomic E-state index is 13.3. The first-order chi connectivity index (χ1) is 15.0. The average molecular weight is 434 g/mol. The Hall–Kier alpha value is -3.59. The van der Waals surface area contributed by atoms with Crippen LogP contribution < -0.4 is 34.6 Å². The number of nitrogens with one attached hydrogen (secondary N) is 1. The number of ether oxygens (including phenoxy) is 2. The number of hydrogen-bond donors (Lipinski definition) is 1. The van der Waals surface area contributed by atoms with Crippen LogP contribution in [0.25, 0.3) is 5.57 Å². The number of carbonyl (C=O) groups excluding carboxylic acids is 1. The molecule has 3 aliphatic rings. The summed E-state index contributed by atoms with van der Waals surface area (Å²) in [6, 6.07) is 9.64. The Labute approximate surface area is 180 Å². The highest BCUT2D eigenvalue weighted by molar-refractivity contribution is 7.07. The molecule has 8 nitrogen and oxygen atoms in total. The van der Waals surface area contributed by atoms with Gasteiger partial charge in [0.2, 0.25) is 6.79 Å². The van der Waals surface area contributed by atoms with Gasteiger partial charge in [-0.05, 0) is 37.6 Å². The van der Waals surface area contributed by atoms with Crippen molar-refractivity contribution in [1.82, 2.24) is 4.57 Å². The van der Waals surface area contributed by atoms with Gasteiger partial charge < -0.3 is 19.7 Å². The van der Waals surface area contributed by atoms with Gasteiger partial charge in [-0.1, -0.05) is 23.0 Å². The number of hydrogen-bond acceptors (Lipinski definition) is 7. The second-order valence-electron chi connectivity index (χ2n) is 7.80. The summed E-state index contributed by atoms with van der Waals surface area (Å²) in [4.78, 5) is 33.3. The van der Waals surface area contributed by atoms with E-state index in [4.69, 9.17) is 9.47 Å². The van der Waals surface area contributed by atoms with Crippen molar-refractivity contribution in [2.45, 2.75) is 20.5 Å². The molecule has 6 rings (SSSR count). The monoisotopic (exact) mass is 434 g/mol. The lowest BCUT2D eigenvalue weighted by atomic mass is 10.0. The maximum atomic E-state index is 13.3. The fourth-order valence-corrected chi connectivity index (χ4v) is 5.32. The highest BCUT2D eigenvalue weighted by atomic mass is 32.1. The molecule has 0 bridgehead atoms. The minimum absolute atomic E-state index is 0.202. The van der Waals surface area contributed by atoms with E-state index in [1.165, 1.54) is 11.3 Å². The Bertz CT molecular complexity index is 1470. The number of fused-ring (bicyclic) bond motifs is 3. The first-order valence-corrected chi connectivity index (χ1v) is 10.7. The Kier molecular flexibility index (Phi) is 3.79. The minimum Gasteiger partial charge on any atom is -0.454 e. The van der Waals surface area contributed by atoms with Gasteiger partial charge in [-0.25, -0.2) is 4.99 Å². The number of benzene rings is 2.